The number of aromatic nitrogens is 8. The van der Waals surface area contributed by atoms with Crippen LogP contribution in [0.4, 0.5) is 11.4 Å². The molecule has 0 spiro atoms. The van der Waals surface area contributed by atoms with Crippen LogP contribution < -0.4 is 21.7 Å². The molecule has 1 unspecified atom stereocenters. The van der Waals surface area contributed by atoms with E-state index in [1.54, 1.807) is 101 Å². The molecule has 2 aromatic carbocycles. The van der Waals surface area contributed by atoms with Crippen LogP contribution in [0.25, 0.3) is 22.1 Å². The van der Waals surface area contributed by atoms with Crippen molar-refractivity contribution in [2.45, 2.75) is 58.5 Å². The lowest BCUT2D eigenvalue weighted by atomic mass is 10.2. The van der Waals surface area contributed by atoms with Crippen molar-refractivity contribution in [3.05, 3.63) is 83.5 Å². The lowest BCUT2D eigenvalue weighted by molar-refractivity contribution is 0.0679. The maximum Gasteiger partial charge on any atom is 0.372 e. The number of benzene rings is 2. The van der Waals surface area contributed by atoms with Crippen LogP contribution in [0.3, 0.4) is 0 Å². The number of carboxylic acid groups (broad SMARTS) is 1. The Morgan fingerprint density at radius 3 is 1.55 bits per heavy atom. The minimum absolute atomic E-state index is 0. The Balaban J connectivity index is 0.000000283. The normalized spacial score (nSPS) is 11.8. The first-order chi connectivity index (χ1) is 28.5. The average Bonchev–Trinajstić information content (AvgIpc) is 3.92. The number of imidazole rings is 4. The van der Waals surface area contributed by atoms with Gasteiger partial charge in [0.1, 0.15) is 0 Å². The van der Waals surface area contributed by atoms with Crippen LogP contribution >= 0.6 is 21.6 Å². The first-order valence-electron chi connectivity index (χ1n) is 18.8. The molecule has 21 heteroatoms. The number of hydrogen-bond donors (Lipinski definition) is 5. The number of carboxylic acids is 1. The molecule has 6 rings (SSSR count). The monoisotopic (exact) mass is 926 g/mol. The van der Waals surface area contributed by atoms with Gasteiger partial charge in [-0.25, -0.2) is 24.7 Å². The summed E-state index contributed by atoms with van der Waals surface area (Å²) in [5, 5.41) is 17.6. The van der Waals surface area contributed by atoms with E-state index >= 15 is 0 Å². The van der Waals surface area contributed by atoms with E-state index in [4.69, 9.17) is 22.0 Å². The average molecular weight is 927 g/mol. The van der Waals surface area contributed by atoms with Crippen molar-refractivity contribution in [3.63, 3.8) is 0 Å². The Kier molecular flexibility index (Phi) is 17.6. The minimum Gasteiger partial charge on any atom is -0.475 e. The van der Waals surface area contributed by atoms with Crippen LogP contribution in [0.5, 0.6) is 0 Å². The number of amides is 3. The zero-order valence-electron chi connectivity index (χ0n) is 36.4. The number of nitrogens with one attached hydrogen (secondary N) is 3. The molecular weight excluding hydrogens is 869 g/mol. The van der Waals surface area contributed by atoms with Gasteiger partial charge in [-0.2, -0.15) is 0 Å². The summed E-state index contributed by atoms with van der Waals surface area (Å²) in [6.07, 6.45) is 7.61. The van der Waals surface area contributed by atoms with Crippen molar-refractivity contribution in [1.82, 2.24) is 43.5 Å². The smallest absolute Gasteiger partial charge is 0.372 e. The summed E-state index contributed by atoms with van der Waals surface area (Å²) in [4.78, 5) is 65.5. The zero-order valence-corrected chi connectivity index (χ0v) is 39.7. The van der Waals surface area contributed by atoms with Crippen LogP contribution in [-0.4, -0.2) is 102 Å². The molecule has 0 saturated heterocycles. The first-order valence-corrected chi connectivity index (χ1v) is 23.9. The highest BCUT2D eigenvalue weighted by molar-refractivity contribution is 8.77. The van der Waals surface area contributed by atoms with Crippen molar-refractivity contribution < 1.29 is 24.3 Å². The fraction of sp³-hybridized carbons (Fsp3) is 0.415. The van der Waals surface area contributed by atoms with Gasteiger partial charge in [-0.3, -0.25) is 14.4 Å². The highest BCUT2D eigenvalue weighted by Gasteiger charge is 2.23. The van der Waals surface area contributed by atoms with Crippen molar-refractivity contribution in [2.24, 2.45) is 33.9 Å². The minimum atomic E-state index is -1.10. The van der Waals surface area contributed by atoms with Gasteiger partial charge in [0.25, 0.3) is 17.7 Å². The van der Waals surface area contributed by atoms with E-state index in [-0.39, 0.29) is 49.9 Å². The molecular formula is C41H58N12O5S4. The number of hydrogen-bond acceptors (Lipinski definition) is 12. The number of nitrogens with zero attached hydrogens (tertiary/aromatic N) is 8. The molecule has 0 fully saturated rings. The molecule has 62 heavy (non-hydrogen) atoms. The predicted molar refractivity (Wildman–Crippen MR) is 258 cm³/mol. The maximum absolute atomic E-state index is 12.7. The summed E-state index contributed by atoms with van der Waals surface area (Å²) in [7, 11) is 10.3. The highest BCUT2D eigenvalue weighted by atomic mass is 33.1. The molecule has 0 bridgehead atoms. The van der Waals surface area contributed by atoms with E-state index in [0.29, 0.717) is 51.9 Å². The van der Waals surface area contributed by atoms with Gasteiger partial charge in [0.15, 0.2) is 17.5 Å². The largest absolute Gasteiger partial charge is 0.475 e. The molecule has 0 saturated carbocycles. The van der Waals surface area contributed by atoms with Crippen LogP contribution in [-0.2, 0) is 48.8 Å². The molecule has 6 N–H and O–H groups in total. The second-order valence-corrected chi connectivity index (χ2v) is 22.0. The summed E-state index contributed by atoms with van der Waals surface area (Å²) in [6.45, 7) is 13.2. The van der Waals surface area contributed by atoms with Gasteiger partial charge in [0.05, 0.1) is 33.5 Å². The molecule has 1 atom stereocenters. The summed E-state index contributed by atoms with van der Waals surface area (Å²) >= 11 is 5.37. The number of anilines is 2. The number of aryl methyl sites for hydroxylation is 6. The topological polar surface area (TPSA) is 222 Å². The van der Waals surface area contributed by atoms with E-state index in [2.05, 4.69) is 56.0 Å². The van der Waals surface area contributed by atoms with Crippen LogP contribution in [0.1, 0.15) is 89.0 Å². The molecule has 4 aromatic heterocycles. The predicted octanol–water partition coefficient (Wildman–Crippen LogP) is 6.02. The van der Waals surface area contributed by atoms with E-state index in [1.165, 1.54) is 4.57 Å². The third-order valence-electron chi connectivity index (χ3n) is 9.32. The van der Waals surface area contributed by atoms with Crippen molar-refractivity contribution in [2.75, 3.05) is 36.2 Å². The Hall–Kier alpha value is -5.09. The van der Waals surface area contributed by atoms with E-state index < -0.39 is 5.97 Å². The van der Waals surface area contributed by atoms with Crippen molar-refractivity contribution in [1.29, 1.82) is 0 Å². The Morgan fingerprint density at radius 1 is 0.758 bits per heavy atom. The zero-order chi connectivity index (χ0) is 45.6. The fourth-order valence-electron chi connectivity index (χ4n) is 5.69. The molecule has 0 radical (unpaired) electrons. The third kappa shape index (κ3) is 12.7. The highest BCUT2D eigenvalue weighted by Crippen LogP contribution is 2.32. The molecule has 0 aliphatic rings. The summed E-state index contributed by atoms with van der Waals surface area (Å²) in [5.74, 6) is -1.09. The number of aromatic carboxylic acids is 1. The first kappa shape index (κ1) is 51.3. The molecule has 17 nitrogen and oxygen atoms in total. The lowest BCUT2D eigenvalue weighted by Gasteiger charge is -2.24. The second-order valence-electron chi connectivity index (χ2n) is 15.4. The second kappa shape index (κ2) is 21.3. The number of fused-ring (bicyclic) bond motifs is 2. The summed E-state index contributed by atoms with van der Waals surface area (Å²) in [6, 6.07) is 10.4. The van der Waals surface area contributed by atoms with Gasteiger partial charge in [-0.15, -0.1) is 9.45 Å². The van der Waals surface area contributed by atoms with Gasteiger partial charge < -0.3 is 45.1 Å². The maximum atomic E-state index is 12.7. The van der Waals surface area contributed by atoms with Gasteiger partial charge in [-0.1, -0.05) is 40.2 Å². The lowest BCUT2D eigenvalue weighted by Crippen LogP contribution is -2.41. The van der Waals surface area contributed by atoms with Crippen LogP contribution in [0.2, 0.25) is 0 Å². The van der Waals surface area contributed by atoms with Gasteiger partial charge in [-0.05, 0) is 90.5 Å². The third-order valence-corrected chi connectivity index (χ3v) is 15.0. The fourth-order valence-corrected chi connectivity index (χ4v) is 8.22. The van der Waals surface area contributed by atoms with E-state index in [1.807, 2.05) is 44.7 Å². The molecule has 0 aliphatic heterocycles. The van der Waals surface area contributed by atoms with Crippen molar-refractivity contribution >= 4 is 99.4 Å². The van der Waals surface area contributed by atoms with Gasteiger partial charge >= 0.3 is 5.97 Å². The number of carbonyl (C=O) groups is 4. The molecule has 6 aromatic rings. The van der Waals surface area contributed by atoms with Gasteiger partial charge in [0.2, 0.25) is 5.82 Å². The number of carbonyl (C=O) groups excluding carboxylic acids is 3. The molecule has 336 valence electrons. The standard InChI is InChI=1S/C20H26N6O2S2.C15H15N5O3.C5H13NS2.CH4/c1-12-10-25(4)16(22-12)19(28)23-13-7-8-14-15(9-13)26(5)17(24-14)18(27)21-11-20(2,3)30(6)29;1-8-7-19(2)12(16-8)14(21)17-9-4-5-10-11(6-9)20(3)13(18-10)15(22)23;1-5(2,4-6)8-7-3;/h7-10H,11H2,1-6H3,(H,21,27)(H,23,28);4-7H,1-3H3,(H,17,21)(H,22,23);4,6H2,1-3H3;1H4. The molecule has 0 aliphatic carbocycles. The quantitative estimate of drug-likeness (QED) is 0.0888. The van der Waals surface area contributed by atoms with Crippen LogP contribution in [0.15, 0.2) is 48.8 Å². The van der Waals surface area contributed by atoms with Crippen molar-refractivity contribution in [3.8, 4) is 0 Å². The Morgan fingerprint density at radius 2 is 1.19 bits per heavy atom. The van der Waals surface area contributed by atoms with E-state index in [9.17, 15) is 19.2 Å². The number of nitrogens with two attached hydrogens (primary N) is 1. The summed E-state index contributed by atoms with van der Waals surface area (Å²) in [5.41, 5.74) is 10.7. The Bertz CT molecular complexity index is 2610. The molecule has 3 amide bonds. The molecule has 4 heterocycles. The SMILES string of the molecule is C.CSSC(C)(C)CN.Cc1cn(C)c(C(=O)Nc2ccc3nc(C(=O)NCC(C)(C)S(C)=S)n(C)c3c2)n1.Cc1cn(C)c(C(=O)Nc2ccc3nc(C(=O)O)n(C)c3c2)n1. The summed E-state index contributed by atoms with van der Waals surface area (Å²) < 4.78 is 6.60. The van der Waals surface area contributed by atoms with E-state index in [0.717, 1.165) is 23.4 Å². The number of rotatable bonds is 12. The Labute approximate surface area is 377 Å². The van der Waals surface area contributed by atoms with Gasteiger partial charge in [0, 0.05) is 74.5 Å². The van der Waals surface area contributed by atoms with Crippen LogP contribution in [0, 0.1) is 13.8 Å².